The van der Waals surface area contributed by atoms with Crippen molar-refractivity contribution >= 4 is 38.4 Å². The first kappa shape index (κ1) is 34.3. The molecule has 4 heteroatoms. The zero-order chi connectivity index (χ0) is 34.2. The fourth-order valence-corrected chi connectivity index (χ4v) is 12.6. The molecule has 8 atom stereocenters. The summed E-state index contributed by atoms with van der Waals surface area (Å²) in [6.07, 6.45) is 52.6. The Hall–Kier alpha value is -2.79. The van der Waals surface area contributed by atoms with Crippen LogP contribution in [0.15, 0.2) is 109 Å². The molecule has 7 unspecified atom stereocenters. The van der Waals surface area contributed by atoms with E-state index in [-0.39, 0.29) is 8.80 Å². The van der Waals surface area contributed by atoms with Crippen molar-refractivity contribution in [3.05, 3.63) is 126 Å². The number of anilines is 1. The Morgan fingerprint density at radius 1 is 0.800 bits per heavy atom. The summed E-state index contributed by atoms with van der Waals surface area (Å²) in [6.45, 7) is 7.49. The van der Waals surface area contributed by atoms with Crippen molar-refractivity contribution in [2.45, 2.75) is 101 Å². The van der Waals surface area contributed by atoms with Gasteiger partial charge in [0.1, 0.15) is 0 Å². The van der Waals surface area contributed by atoms with Gasteiger partial charge in [0.15, 0.2) is 0 Å². The van der Waals surface area contributed by atoms with Crippen molar-refractivity contribution in [2.75, 3.05) is 16.9 Å². The highest BCUT2D eigenvalue weighted by Gasteiger charge is 2.45. The summed E-state index contributed by atoms with van der Waals surface area (Å²) in [5.41, 5.74) is 8.20. The zero-order valence-corrected chi connectivity index (χ0v) is 32.5. The van der Waals surface area contributed by atoms with Crippen LogP contribution in [0.25, 0.3) is 12.2 Å². The van der Waals surface area contributed by atoms with E-state index < -0.39 is 0 Å². The first-order chi connectivity index (χ1) is 24.5. The van der Waals surface area contributed by atoms with E-state index in [1.54, 1.807) is 5.56 Å². The van der Waals surface area contributed by atoms with Crippen LogP contribution in [0.5, 0.6) is 0 Å². The van der Waals surface area contributed by atoms with Crippen LogP contribution in [0.2, 0.25) is 18.6 Å². The third-order valence-electron chi connectivity index (χ3n) is 13.1. The molecule has 50 heavy (non-hydrogen) atoms. The van der Waals surface area contributed by atoms with Crippen molar-refractivity contribution in [1.82, 2.24) is 4.90 Å². The molecule has 0 N–H and O–H groups in total. The largest absolute Gasteiger partial charge is 0.334 e. The normalized spacial score (nSPS) is 34.0. The summed E-state index contributed by atoms with van der Waals surface area (Å²) in [6, 6.07) is 6.76. The highest BCUT2D eigenvalue weighted by Crippen LogP contribution is 2.53. The van der Waals surface area contributed by atoms with E-state index in [2.05, 4.69) is 151 Å². The van der Waals surface area contributed by atoms with E-state index in [1.165, 1.54) is 53.9 Å². The third-order valence-corrected chi connectivity index (χ3v) is 16.2. The highest BCUT2D eigenvalue weighted by atomic mass is 32.2. The average Bonchev–Trinajstić information content (AvgIpc) is 3.16. The Bertz CT molecular complexity index is 1680. The maximum atomic E-state index is 3.00. The number of thioether (sulfide) groups is 1. The second-order valence-electron chi connectivity index (χ2n) is 16.2. The molecule has 0 heterocycles. The first-order valence-corrected chi connectivity index (χ1v) is 23.6. The maximum Gasteiger partial charge on any atom is 0.0559 e. The quantitative estimate of drug-likeness (QED) is 0.177. The lowest BCUT2D eigenvalue weighted by molar-refractivity contribution is 0.0645. The van der Waals surface area contributed by atoms with Gasteiger partial charge in [0.25, 0.3) is 0 Å². The van der Waals surface area contributed by atoms with Crippen molar-refractivity contribution in [3.8, 4) is 0 Å². The van der Waals surface area contributed by atoms with E-state index in [0.717, 1.165) is 24.8 Å². The third kappa shape index (κ3) is 6.54. The van der Waals surface area contributed by atoms with Crippen LogP contribution in [-0.4, -0.2) is 49.9 Å². The van der Waals surface area contributed by atoms with E-state index in [0.29, 0.717) is 53.8 Å². The Morgan fingerprint density at radius 2 is 1.58 bits per heavy atom. The molecule has 7 aliphatic carbocycles. The molecule has 262 valence electrons. The summed E-state index contributed by atoms with van der Waals surface area (Å²) in [7, 11) is -0.222. The summed E-state index contributed by atoms with van der Waals surface area (Å²) >= 11 is 1.97. The van der Waals surface area contributed by atoms with Crippen molar-refractivity contribution in [3.63, 3.8) is 0 Å². The molecular weight excluding hydrogens is 641 g/mol. The molecule has 1 fully saturated rings. The minimum absolute atomic E-state index is 0.222. The monoisotopic (exact) mass is 697 g/mol. The van der Waals surface area contributed by atoms with Crippen LogP contribution >= 0.6 is 11.8 Å². The summed E-state index contributed by atoms with van der Waals surface area (Å²) < 4.78 is 0. The first-order valence-electron chi connectivity index (χ1n) is 19.6. The van der Waals surface area contributed by atoms with Gasteiger partial charge in [0.2, 0.25) is 0 Å². The van der Waals surface area contributed by atoms with E-state index in [9.17, 15) is 0 Å². The number of hydrogen-bond acceptors (Lipinski definition) is 3. The summed E-state index contributed by atoms with van der Waals surface area (Å²) in [5, 5.41) is 0. The summed E-state index contributed by atoms with van der Waals surface area (Å²) in [4.78, 5) is 5.68. The van der Waals surface area contributed by atoms with Crippen molar-refractivity contribution < 1.29 is 0 Å². The number of rotatable bonds is 10. The van der Waals surface area contributed by atoms with E-state index in [1.807, 2.05) is 11.8 Å². The van der Waals surface area contributed by atoms with Gasteiger partial charge in [-0.25, -0.2) is 0 Å². The molecule has 0 saturated heterocycles. The molecule has 0 radical (unpaired) electrons. The topological polar surface area (TPSA) is 6.48 Å². The smallest absolute Gasteiger partial charge is 0.0559 e. The molecule has 1 aromatic carbocycles. The maximum absolute atomic E-state index is 3.00. The molecule has 2 nitrogen and oxygen atoms in total. The summed E-state index contributed by atoms with van der Waals surface area (Å²) in [5.74, 6) is 3.93. The van der Waals surface area contributed by atoms with Gasteiger partial charge in [-0.3, -0.25) is 13.7 Å². The standard InChI is InChI=1S/C46H57N2SSi/c1-32(31-49-2)33-15-21-38(22-16-33)47(36-11-7-5-8-12-36)43-29-19-34-18-28-42-44(30-20-35-17-27-41(43)45(34)46(35)42)48(37-13-9-6-10-14-37)39-23-25-40(26-24-39)50(3)4/h5-11,13,15,17-22,27-30,32-33,35-37,39-40,42,44,46H,12,14,16,23-26,31H2,1-4H3/q-1/t32-,33?,35?,36?,37?,39?,40?,42?,44?,46?/m1/s1. The highest BCUT2D eigenvalue weighted by molar-refractivity contribution is 7.98. The van der Waals surface area contributed by atoms with Gasteiger partial charge in [-0.05, 0) is 79.2 Å². The van der Waals surface area contributed by atoms with Crippen LogP contribution in [-0.2, 0) is 0 Å². The lowest BCUT2D eigenvalue weighted by Crippen LogP contribution is -2.54. The van der Waals surface area contributed by atoms with Crippen LogP contribution in [0.4, 0.5) is 5.69 Å². The molecule has 0 spiro atoms. The lowest BCUT2D eigenvalue weighted by atomic mass is 9.62. The van der Waals surface area contributed by atoms with Crippen LogP contribution in [0.1, 0.15) is 74.5 Å². The fraction of sp³-hybridized carbons (Fsp3) is 0.478. The van der Waals surface area contributed by atoms with E-state index >= 15 is 0 Å². The molecule has 0 amide bonds. The van der Waals surface area contributed by atoms with Gasteiger partial charge in [0.05, 0.1) is 6.04 Å². The predicted octanol–water partition coefficient (Wildman–Crippen LogP) is 11.4. The molecule has 8 rings (SSSR count). The average molecular weight is 698 g/mol. The Balaban J connectivity index is 1.15. The van der Waals surface area contributed by atoms with Crippen molar-refractivity contribution in [1.29, 1.82) is 0 Å². The van der Waals surface area contributed by atoms with Gasteiger partial charge >= 0.3 is 0 Å². The zero-order valence-electron chi connectivity index (χ0n) is 30.7. The number of benzene rings is 1. The van der Waals surface area contributed by atoms with Gasteiger partial charge in [-0.1, -0.05) is 123 Å². The molecule has 7 aliphatic rings. The van der Waals surface area contributed by atoms with E-state index in [4.69, 9.17) is 0 Å². The fourth-order valence-electron chi connectivity index (χ4n) is 10.4. The second-order valence-corrected chi connectivity index (χ2v) is 20.1. The molecule has 0 bridgehead atoms. The van der Waals surface area contributed by atoms with Gasteiger partial charge in [-0.2, -0.15) is 30.4 Å². The Kier molecular flexibility index (Phi) is 10.3. The van der Waals surface area contributed by atoms with Gasteiger partial charge in [0, 0.05) is 52.8 Å². The molecule has 1 saturated carbocycles. The van der Waals surface area contributed by atoms with Gasteiger partial charge < -0.3 is 4.90 Å². The van der Waals surface area contributed by atoms with Crippen molar-refractivity contribution in [2.24, 2.45) is 23.7 Å². The Labute approximate surface area is 308 Å². The lowest BCUT2D eigenvalue weighted by Gasteiger charge is -2.52. The number of nitrogens with zero attached hydrogens (tertiary/aromatic N) is 2. The predicted molar refractivity (Wildman–Crippen MR) is 221 cm³/mol. The van der Waals surface area contributed by atoms with Crippen LogP contribution < -0.4 is 4.90 Å². The molecule has 0 aliphatic heterocycles. The minimum atomic E-state index is -0.222. The molecular formula is C46H57N2SSi-. The minimum Gasteiger partial charge on any atom is -0.334 e. The van der Waals surface area contributed by atoms with Crippen LogP contribution in [0.3, 0.4) is 0 Å². The number of hydrogen-bond donors (Lipinski definition) is 0. The number of allylic oxidation sites excluding steroid dienone is 9. The molecule has 1 aromatic rings. The second kappa shape index (κ2) is 15.1. The van der Waals surface area contributed by atoms with Gasteiger partial charge in [-0.15, -0.1) is 0 Å². The SMILES string of the molecule is CSC[C@@H](C)C1C=CC(N(c2ccc3c4c2C=CC2C=CC(N(C5C=CC=CC5)C5CCC([Si-](C)C)CC5)C(C=C3)C42)C2C=CC=CC2)=CC1. The van der Waals surface area contributed by atoms with Crippen LogP contribution in [0, 0.1) is 23.7 Å². The Morgan fingerprint density at radius 3 is 2.26 bits per heavy atom. The molecule has 0 aromatic heterocycles.